The maximum absolute atomic E-state index is 13.9. The van der Waals surface area contributed by atoms with Gasteiger partial charge in [-0.05, 0) is 49.6 Å². The van der Waals surface area contributed by atoms with Crippen molar-refractivity contribution in [2.75, 3.05) is 17.5 Å². The van der Waals surface area contributed by atoms with Gasteiger partial charge in [-0.3, -0.25) is 18.8 Å². The molecule has 1 atom stereocenters. The molecule has 3 aromatic rings. The van der Waals surface area contributed by atoms with E-state index in [1.54, 1.807) is 31.5 Å². The molecule has 0 radical (unpaired) electrons. The van der Waals surface area contributed by atoms with E-state index < -0.39 is 22.1 Å². The summed E-state index contributed by atoms with van der Waals surface area (Å²) in [7, 11) is -4.11. The molecule has 0 saturated heterocycles. The van der Waals surface area contributed by atoms with Crippen LogP contribution in [0.15, 0.2) is 53.8 Å². The highest BCUT2D eigenvalue weighted by atomic mass is 32.2. The van der Waals surface area contributed by atoms with E-state index in [9.17, 15) is 13.2 Å². The topological polar surface area (TPSA) is 124 Å². The first-order valence-electron chi connectivity index (χ1n) is 11.7. The maximum Gasteiger partial charge on any atom is 0.303 e. The minimum Gasteiger partial charge on any atom is -0.486 e. The zero-order valence-electron chi connectivity index (χ0n) is 20.1. The number of aliphatic carboxylic acids is 1. The van der Waals surface area contributed by atoms with Gasteiger partial charge in [-0.15, -0.1) is 5.10 Å². The second-order valence-corrected chi connectivity index (χ2v) is 9.97. The SMILES string of the molecule is CCOc1nn(CC)cc1S(=O)(=O)N1C[C@H](CCC(=O)O)Oc2ccc(/C=C/c3cccnc3)cc21. The minimum absolute atomic E-state index is 0.0297. The molecule has 3 heterocycles. The number of benzene rings is 1. The molecule has 2 aromatic heterocycles. The Balaban J connectivity index is 1.75. The highest BCUT2D eigenvalue weighted by Gasteiger charge is 2.37. The lowest BCUT2D eigenvalue weighted by Crippen LogP contribution is -2.43. The summed E-state index contributed by atoms with van der Waals surface area (Å²) in [6.07, 6.45) is 8.00. The van der Waals surface area contributed by atoms with E-state index >= 15 is 0 Å². The molecule has 11 heteroatoms. The standard InChI is InChI=1S/C25H28N4O6S/c1-3-28-17-23(25(27-28)34-4-2)36(32,33)29-16-20(10-12-24(30)31)35-22-11-9-18(14-21(22)29)7-8-19-6-5-13-26-15-19/h5-9,11,13-15,17,20H,3-4,10,12,16H2,1-2H3,(H,30,31)/b8-7+/t20-/m0/s1. The van der Waals surface area contributed by atoms with Gasteiger partial charge in [-0.1, -0.05) is 24.3 Å². The Kier molecular flexibility index (Phi) is 7.58. The van der Waals surface area contributed by atoms with Gasteiger partial charge in [0.2, 0.25) is 0 Å². The van der Waals surface area contributed by atoms with Crippen LogP contribution in [0.25, 0.3) is 12.2 Å². The van der Waals surface area contributed by atoms with Crippen molar-refractivity contribution in [1.82, 2.24) is 14.8 Å². The Labute approximate surface area is 209 Å². The Morgan fingerprint density at radius 3 is 2.75 bits per heavy atom. The Morgan fingerprint density at radius 2 is 2.06 bits per heavy atom. The van der Waals surface area contributed by atoms with E-state index in [0.717, 1.165) is 11.1 Å². The molecule has 1 aromatic carbocycles. The number of ether oxygens (including phenoxy) is 2. The third kappa shape index (κ3) is 5.51. The maximum atomic E-state index is 13.9. The summed E-state index contributed by atoms with van der Waals surface area (Å²) >= 11 is 0. The van der Waals surface area contributed by atoms with Crippen molar-refractivity contribution in [2.45, 2.75) is 44.2 Å². The predicted octanol–water partition coefficient (Wildman–Crippen LogP) is 3.69. The molecular formula is C25H28N4O6S. The van der Waals surface area contributed by atoms with E-state index in [4.69, 9.17) is 14.6 Å². The van der Waals surface area contributed by atoms with Crippen LogP contribution in [0, 0.1) is 0 Å². The molecule has 190 valence electrons. The number of sulfonamides is 1. The zero-order chi connectivity index (χ0) is 25.7. The molecule has 0 unspecified atom stereocenters. The summed E-state index contributed by atoms with van der Waals surface area (Å²) in [4.78, 5) is 15.2. The Morgan fingerprint density at radius 1 is 1.25 bits per heavy atom. The zero-order valence-corrected chi connectivity index (χ0v) is 20.9. The number of fused-ring (bicyclic) bond motifs is 1. The molecule has 0 aliphatic carbocycles. The fraction of sp³-hybridized carbons (Fsp3) is 0.320. The predicted molar refractivity (Wildman–Crippen MR) is 134 cm³/mol. The summed E-state index contributed by atoms with van der Waals surface area (Å²) in [5.41, 5.74) is 2.03. The Hall–Kier alpha value is -3.86. The highest BCUT2D eigenvalue weighted by Crippen LogP contribution is 2.40. The smallest absolute Gasteiger partial charge is 0.303 e. The first kappa shape index (κ1) is 25.2. The van der Waals surface area contributed by atoms with Crippen molar-refractivity contribution in [1.29, 1.82) is 0 Å². The first-order valence-corrected chi connectivity index (χ1v) is 13.1. The van der Waals surface area contributed by atoms with Gasteiger partial charge in [0.1, 0.15) is 11.9 Å². The van der Waals surface area contributed by atoms with Crippen LogP contribution < -0.4 is 13.8 Å². The number of aromatic nitrogens is 3. The second kappa shape index (κ2) is 10.8. The number of nitrogens with zero attached hydrogens (tertiary/aromatic N) is 4. The van der Waals surface area contributed by atoms with Crippen LogP contribution in [0.1, 0.15) is 37.8 Å². The number of aryl methyl sites for hydroxylation is 1. The Bertz CT molecular complexity index is 1350. The summed E-state index contributed by atoms with van der Waals surface area (Å²) in [5.74, 6) is -0.584. The third-order valence-corrected chi connectivity index (χ3v) is 7.38. The summed E-state index contributed by atoms with van der Waals surface area (Å²) in [6.45, 7) is 4.30. The van der Waals surface area contributed by atoms with Crippen LogP contribution in [0.3, 0.4) is 0 Å². The molecule has 1 N–H and O–H groups in total. The molecular weight excluding hydrogens is 484 g/mol. The lowest BCUT2D eigenvalue weighted by molar-refractivity contribution is -0.137. The van der Waals surface area contributed by atoms with Crippen molar-refractivity contribution in [2.24, 2.45) is 0 Å². The van der Waals surface area contributed by atoms with Gasteiger partial charge >= 0.3 is 5.97 Å². The molecule has 4 rings (SSSR count). The molecule has 0 saturated carbocycles. The molecule has 1 aliphatic heterocycles. The number of hydrogen-bond acceptors (Lipinski definition) is 7. The van der Waals surface area contributed by atoms with Crippen molar-refractivity contribution >= 4 is 33.8 Å². The summed E-state index contributed by atoms with van der Waals surface area (Å²) in [5, 5.41) is 13.4. The monoisotopic (exact) mass is 512 g/mol. The van der Waals surface area contributed by atoms with E-state index in [2.05, 4.69) is 10.1 Å². The lowest BCUT2D eigenvalue weighted by Gasteiger charge is -2.35. The fourth-order valence-corrected chi connectivity index (χ4v) is 5.42. The summed E-state index contributed by atoms with van der Waals surface area (Å²) in [6, 6.07) is 9.00. The average molecular weight is 513 g/mol. The number of rotatable bonds is 10. The number of hydrogen-bond donors (Lipinski definition) is 1. The van der Waals surface area contributed by atoms with Crippen LogP contribution >= 0.6 is 0 Å². The number of carbonyl (C=O) groups is 1. The van der Waals surface area contributed by atoms with Crippen molar-refractivity contribution < 1.29 is 27.8 Å². The van der Waals surface area contributed by atoms with E-state index in [1.165, 1.54) is 15.2 Å². The average Bonchev–Trinajstić information content (AvgIpc) is 3.30. The van der Waals surface area contributed by atoms with Crippen LogP contribution in [-0.4, -0.2) is 53.5 Å². The van der Waals surface area contributed by atoms with Gasteiger partial charge in [-0.2, -0.15) is 0 Å². The lowest BCUT2D eigenvalue weighted by atomic mass is 10.1. The van der Waals surface area contributed by atoms with E-state index in [0.29, 0.717) is 18.0 Å². The van der Waals surface area contributed by atoms with Crippen LogP contribution in [0.2, 0.25) is 0 Å². The van der Waals surface area contributed by atoms with Crippen molar-refractivity contribution in [3.63, 3.8) is 0 Å². The van der Waals surface area contributed by atoms with Gasteiger partial charge in [0.15, 0.2) is 4.90 Å². The van der Waals surface area contributed by atoms with Crippen molar-refractivity contribution in [3.8, 4) is 11.6 Å². The molecule has 0 fully saturated rings. The number of carboxylic acid groups (broad SMARTS) is 1. The normalized spacial score (nSPS) is 15.5. The van der Waals surface area contributed by atoms with Crippen LogP contribution in [-0.2, 0) is 21.4 Å². The van der Waals surface area contributed by atoms with Gasteiger partial charge < -0.3 is 14.6 Å². The largest absolute Gasteiger partial charge is 0.486 e. The van der Waals surface area contributed by atoms with Crippen LogP contribution in [0.5, 0.6) is 11.6 Å². The number of pyridine rings is 1. The van der Waals surface area contributed by atoms with Gasteiger partial charge in [0.05, 0.1) is 18.8 Å². The molecule has 0 bridgehead atoms. The van der Waals surface area contributed by atoms with E-state index in [-0.39, 0.29) is 36.8 Å². The first-order chi connectivity index (χ1) is 17.3. The highest BCUT2D eigenvalue weighted by molar-refractivity contribution is 7.93. The van der Waals surface area contributed by atoms with Crippen LogP contribution in [0.4, 0.5) is 5.69 Å². The fourth-order valence-electron chi connectivity index (χ4n) is 3.84. The number of carboxylic acids is 1. The van der Waals surface area contributed by atoms with Gasteiger partial charge in [-0.25, -0.2) is 8.42 Å². The van der Waals surface area contributed by atoms with Gasteiger partial charge in [0, 0.05) is 31.6 Å². The minimum atomic E-state index is -4.11. The van der Waals surface area contributed by atoms with Gasteiger partial charge in [0.25, 0.3) is 15.9 Å². The molecule has 10 nitrogen and oxygen atoms in total. The second-order valence-electron chi connectivity index (χ2n) is 8.14. The van der Waals surface area contributed by atoms with E-state index in [1.807, 2.05) is 37.3 Å². The summed E-state index contributed by atoms with van der Waals surface area (Å²) < 4.78 is 42.2. The number of anilines is 1. The molecule has 1 aliphatic rings. The molecule has 0 spiro atoms. The van der Waals surface area contributed by atoms with Crippen molar-refractivity contribution in [3.05, 3.63) is 60.0 Å². The quantitative estimate of drug-likeness (QED) is 0.436. The molecule has 36 heavy (non-hydrogen) atoms. The third-order valence-electron chi connectivity index (χ3n) is 5.62. The molecule has 0 amide bonds.